The Morgan fingerprint density at radius 3 is 2.40 bits per heavy atom. The van der Waals surface area contributed by atoms with Crippen molar-refractivity contribution in [3.05, 3.63) is 17.9 Å². The smallest absolute Gasteiger partial charge is 0.371 e. The van der Waals surface area contributed by atoms with E-state index < -0.39 is 21.8 Å². The van der Waals surface area contributed by atoms with E-state index >= 15 is 0 Å². The number of rotatable bonds is 7. The lowest BCUT2D eigenvalue weighted by atomic mass is 10.1. The van der Waals surface area contributed by atoms with Gasteiger partial charge < -0.3 is 14.4 Å². The molecule has 1 aromatic rings. The average molecular weight is 304 g/mol. The minimum atomic E-state index is -3.87. The molecule has 0 aromatic carbocycles. The fraction of sp³-hybridized carbons (Fsp3) is 0.583. The molecule has 20 heavy (non-hydrogen) atoms. The number of aromatic carboxylic acids is 1. The Hall–Kier alpha value is -1.38. The second-order valence-electron chi connectivity index (χ2n) is 5.16. The molecule has 0 amide bonds. The molecule has 1 heterocycles. The first-order valence-corrected chi connectivity index (χ1v) is 7.62. The van der Waals surface area contributed by atoms with Crippen molar-refractivity contribution >= 4 is 16.0 Å². The molecule has 0 aliphatic carbocycles. The Labute approximate surface area is 118 Å². The minimum absolute atomic E-state index is 0.0843. The Morgan fingerprint density at radius 2 is 2.00 bits per heavy atom. The van der Waals surface area contributed by atoms with Gasteiger partial charge in [0.2, 0.25) is 10.9 Å². The first kappa shape index (κ1) is 16.7. The second-order valence-corrected chi connectivity index (χ2v) is 6.80. The van der Waals surface area contributed by atoms with E-state index in [4.69, 9.17) is 9.52 Å². The molecule has 7 nitrogen and oxygen atoms in total. The summed E-state index contributed by atoms with van der Waals surface area (Å²) in [5.41, 5.74) is 0. The molecule has 0 saturated carbocycles. The van der Waals surface area contributed by atoms with Gasteiger partial charge in [-0.3, -0.25) is 0 Å². The number of carbonyl (C=O) groups is 1. The molecule has 0 radical (unpaired) electrons. The van der Waals surface area contributed by atoms with E-state index in [-0.39, 0.29) is 17.1 Å². The van der Waals surface area contributed by atoms with Crippen molar-refractivity contribution in [2.75, 3.05) is 20.6 Å². The van der Waals surface area contributed by atoms with Gasteiger partial charge in [0.25, 0.3) is 10.0 Å². The summed E-state index contributed by atoms with van der Waals surface area (Å²) in [6.45, 7) is 4.34. The van der Waals surface area contributed by atoms with E-state index in [0.717, 1.165) is 12.1 Å². The molecule has 0 saturated heterocycles. The van der Waals surface area contributed by atoms with Crippen molar-refractivity contribution in [3.63, 3.8) is 0 Å². The molecular formula is C12H20N2O5S. The molecular weight excluding hydrogens is 284 g/mol. The Balaban J connectivity index is 2.94. The summed E-state index contributed by atoms with van der Waals surface area (Å²) in [4.78, 5) is 12.6. The zero-order valence-corrected chi connectivity index (χ0v) is 12.8. The molecule has 0 fully saturated rings. The molecule has 0 aliphatic heterocycles. The van der Waals surface area contributed by atoms with Gasteiger partial charge in [-0.25, -0.2) is 17.9 Å². The van der Waals surface area contributed by atoms with Crippen LogP contribution >= 0.6 is 0 Å². The lowest BCUT2D eigenvalue weighted by Crippen LogP contribution is -2.44. The van der Waals surface area contributed by atoms with Gasteiger partial charge in [-0.15, -0.1) is 0 Å². The first-order valence-electron chi connectivity index (χ1n) is 6.13. The van der Waals surface area contributed by atoms with E-state index in [0.29, 0.717) is 6.54 Å². The normalized spacial score (nSPS) is 13.9. The highest BCUT2D eigenvalue weighted by molar-refractivity contribution is 7.89. The quantitative estimate of drug-likeness (QED) is 0.774. The third-order valence-electron chi connectivity index (χ3n) is 2.73. The Kier molecular flexibility index (Phi) is 5.32. The highest BCUT2D eigenvalue weighted by atomic mass is 32.2. The van der Waals surface area contributed by atoms with Crippen LogP contribution < -0.4 is 4.72 Å². The number of carboxylic acid groups (broad SMARTS) is 1. The van der Waals surface area contributed by atoms with Gasteiger partial charge in [0.05, 0.1) is 0 Å². The van der Waals surface area contributed by atoms with Gasteiger partial charge in [-0.2, -0.15) is 0 Å². The van der Waals surface area contributed by atoms with Crippen molar-refractivity contribution in [3.8, 4) is 0 Å². The predicted octanol–water partition coefficient (Wildman–Crippen LogP) is 0.842. The van der Waals surface area contributed by atoms with Crippen LogP contribution in [0, 0.1) is 5.92 Å². The van der Waals surface area contributed by atoms with E-state index in [1.807, 2.05) is 32.8 Å². The molecule has 8 heteroatoms. The summed E-state index contributed by atoms with van der Waals surface area (Å²) in [6, 6.07) is 1.96. The predicted molar refractivity (Wildman–Crippen MR) is 73.2 cm³/mol. The molecule has 1 rings (SSSR count). The maximum absolute atomic E-state index is 12.1. The van der Waals surface area contributed by atoms with Gasteiger partial charge in [-0.1, -0.05) is 13.8 Å². The number of nitrogens with zero attached hydrogens (tertiary/aromatic N) is 1. The molecule has 2 N–H and O–H groups in total. The minimum Gasteiger partial charge on any atom is -0.475 e. The van der Waals surface area contributed by atoms with Crippen LogP contribution in [0.3, 0.4) is 0 Å². The molecule has 114 valence electrons. The first-order chi connectivity index (χ1) is 9.13. The molecule has 0 bridgehead atoms. The second kappa shape index (κ2) is 6.38. The maximum Gasteiger partial charge on any atom is 0.371 e. The van der Waals surface area contributed by atoms with E-state index in [9.17, 15) is 13.2 Å². The Morgan fingerprint density at radius 1 is 1.40 bits per heavy atom. The highest BCUT2D eigenvalue weighted by Crippen LogP contribution is 2.16. The van der Waals surface area contributed by atoms with Crippen molar-refractivity contribution in [2.45, 2.75) is 25.0 Å². The summed E-state index contributed by atoms with van der Waals surface area (Å²) in [5, 5.41) is 8.35. The van der Waals surface area contributed by atoms with Gasteiger partial charge in [0.1, 0.15) is 0 Å². The number of likely N-dealkylation sites (N-methyl/N-ethyl adjacent to an activating group) is 1. The average Bonchev–Trinajstić information content (AvgIpc) is 2.76. The fourth-order valence-electron chi connectivity index (χ4n) is 1.61. The highest BCUT2D eigenvalue weighted by Gasteiger charge is 2.26. The van der Waals surface area contributed by atoms with Crippen LogP contribution in [-0.2, 0) is 10.0 Å². The lowest BCUT2D eigenvalue weighted by molar-refractivity contribution is 0.0656. The third kappa shape index (κ3) is 4.32. The van der Waals surface area contributed by atoms with Crippen LogP contribution in [0.4, 0.5) is 0 Å². The Bertz CT molecular complexity index is 562. The van der Waals surface area contributed by atoms with Gasteiger partial charge in [0.15, 0.2) is 0 Å². The molecule has 1 aromatic heterocycles. The van der Waals surface area contributed by atoms with E-state index in [1.165, 1.54) is 0 Å². The van der Waals surface area contributed by atoms with Crippen LogP contribution in [0.2, 0.25) is 0 Å². The van der Waals surface area contributed by atoms with Gasteiger partial charge in [0, 0.05) is 12.6 Å². The fourth-order valence-corrected chi connectivity index (χ4v) is 2.92. The largest absolute Gasteiger partial charge is 0.475 e. The van der Waals surface area contributed by atoms with Crippen LogP contribution in [-0.4, -0.2) is 51.1 Å². The zero-order valence-electron chi connectivity index (χ0n) is 12.0. The standard InChI is InChI=1S/C12H20N2O5S/c1-8(2)9(7-14(3)4)13-20(17,18)11-6-5-10(19-11)12(15)16/h5-6,8-9,13H,7H2,1-4H3,(H,15,16). The van der Waals surface area contributed by atoms with Gasteiger partial charge >= 0.3 is 5.97 Å². The van der Waals surface area contributed by atoms with Crippen LogP contribution in [0.25, 0.3) is 0 Å². The number of carboxylic acids is 1. The van der Waals surface area contributed by atoms with Crippen LogP contribution in [0.15, 0.2) is 21.6 Å². The van der Waals surface area contributed by atoms with Crippen LogP contribution in [0.5, 0.6) is 0 Å². The summed E-state index contributed by atoms with van der Waals surface area (Å²) < 4.78 is 31.7. The molecule has 1 unspecified atom stereocenters. The molecule has 1 atom stereocenters. The van der Waals surface area contributed by atoms with Crippen molar-refractivity contribution < 1.29 is 22.7 Å². The number of nitrogens with one attached hydrogen (secondary N) is 1. The summed E-state index contributed by atoms with van der Waals surface area (Å²) in [7, 11) is -0.177. The monoisotopic (exact) mass is 304 g/mol. The van der Waals surface area contributed by atoms with Gasteiger partial charge in [-0.05, 0) is 32.1 Å². The summed E-state index contributed by atoms with van der Waals surface area (Å²) in [5.74, 6) is -1.62. The third-order valence-corrected chi connectivity index (χ3v) is 4.09. The van der Waals surface area contributed by atoms with E-state index in [2.05, 4.69) is 4.72 Å². The molecule has 0 spiro atoms. The van der Waals surface area contributed by atoms with Crippen molar-refractivity contribution in [1.82, 2.24) is 9.62 Å². The number of sulfonamides is 1. The summed E-state index contributed by atoms with van der Waals surface area (Å²) >= 11 is 0. The maximum atomic E-state index is 12.1. The number of hydrogen-bond acceptors (Lipinski definition) is 5. The number of furan rings is 1. The van der Waals surface area contributed by atoms with Crippen LogP contribution in [0.1, 0.15) is 24.4 Å². The van der Waals surface area contributed by atoms with E-state index in [1.54, 1.807) is 0 Å². The SMILES string of the molecule is CC(C)C(CN(C)C)NS(=O)(=O)c1ccc(C(=O)O)o1. The molecule has 0 aliphatic rings. The lowest BCUT2D eigenvalue weighted by Gasteiger charge is -2.24. The zero-order chi connectivity index (χ0) is 15.5. The van der Waals surface area contributed by atoms with Crippen molar-refractivity contribution in [2.24, 2.45) is 5.92 Å². The topological polar surface area (TPSA) is 99.9 Å². The number of hydrogen-bond donors (Lipinski definition) is 2. The summed E-state index contributed by atoms with van der Waals surface area (Å²) in [6.07, 6.45) is 0. The van der Waals surface area contributed by atoms with Crippen molar-refractivity contribution in [1.29, 1.82) is 0 Å².